The molecule has 2 rings (SSSR count). The van der Waals surface area contributed by atoms with Crippen LogP contribution in [0.25, 0.3) is 0 Å². The fourth-order valence-corrected chi connectivity index (χ4v) is 2.26. The Morgan fingerprint density at radius 1 is 1.24 bits per heavy atom. The Hall–Kier alpha value is -1.70. The lowest BCUT2D eigenvalue weighted by Crippen LogP contribution is -2.49. The molecule has 0 aliphatic carbocycles. The van der Waals surface area contributed by atoms with E-state index < -0.39 is 12.7 Å². The minimum Gasteiger partial charge on any atom is -0.476 e. The minimum atomic E-state index is -4.15. The summed E-state index contributed by atoms with van der Waals surface area (Å²) in [6.07, 6.45) is -4.15. The molecule has 0 saturated carbocycles. The van der Waals surface area contributed by atoms with Crippen LogP contribution in [0.1, 0.15) is 6.92 Å². The van der Waals surface area contributed by atoms with Crippen LogP contribution < -0.4 is 15.4 Å². The fraction of sp³-hybridized carbons (Fsp3) is 0.615. The summed E-state index contributed by atoms with van der Waals surface area (Å²) < 4.78 is 42.4. The van der Waals surface area contributed by atoms with Crippen molar-refractivity contribution >= 4 is 11.5 Å². The van der Waals surface area contributed by atoms with Crippen LogP contribution >= 0.6 is 0 Å². The molecule has 0 bridgehead atoms. The predicted molar refractivity (Wildman–Crippen MR) is 74.5 cm³/mol. The van der Waals surface area contributed by atoms with Gasteiger partial charge in [0.05, 0.1) is 18.8 Å². The first-order valence-corrected chi connectivity index (χ1v) is 6.82. The molecule has 1 fully saturated rings. The molecule has 0 amide bonds. The van der Waals surface area contributed by atoms with E-state index in [4.69, 9.17) is 10.5 Å². The van der Waals surface area contributed by atoms with Crippen molar-refractivity contribution in [3.8, 4) is 5.88 Å². The number of aromatic nitrogens is 1. The second-order valence-electron chi connectivity index (χ2n) is 4.88. The van der Waals surface area contributed by atoms with Crippen molar-refractivity contribution in [3.63, 3.8) is 0 Å². The Bertz CT molecular complexity index is 473. The van der Waals surface area contributed by atoms with Crippen LogP contribution in [0.2, 0.25) is 0 Å². The number of hydrogen-bond acceptors (Lipinski definition) is 5. The molecule has 0 radical (unpaired) electrons. The molecular formula is C13H19F3N4O. The summed E-state index contributed by atoms with van der Waals surface area (Å²) in [6, 6.07) is 3.46. The van der Waals surface area contributed by atoms with E-state index in [1.54, 1.807) is 12.1 Å². The van der Waals surface area contributed by atoms with E-state index in [0.717, 1.165) is 0 Å². The highest BCUT2D eigenvalue weighted by atomic mass is 19.4. The second kappa shape index (κ2) is 6.38. The second-order valence-corrected chi connectivity index (χ2v) is 4.88. The maximum atomic E-state index is 12.3. The lowest BCUT2D eigenvalue weighted by molar-refractivity contribution is -0.146. The Kier molecular flexibility index (Phi) is 4.76. The van der Waals surface area contributed by atoms with Crippen molar-refractivity contribution in [2.45, 2.75) is 13.1 Å². The van der Waals surface area contributed by atoms with Gasteiger partial charge in [0, 0.05) is 26.2 Å². The van der Waals surface area contributed by atoms with Gasteiger partial charge < -0.3 is 15.4 Å². The molecule has 0 atom stereocenters. The molecule has 1 aliphatic heterocycles. The monoisotopic (exact) mass is 304 g/mol. The maximum absolute atomic E-state index is 12.3. The van der Waals surface area contributed by atoms with Crippen LogP contribution in [-0.2, 0) is 0 Å². The zero-order valence-electron chi connectivity index (χ0n) is 11.9. The van der Waals surface area contributed by atoms with E-state index in [2.05, 4.69) is 4.98 Å². The van der Waals surface area contributed by atoms with Gasteiger partial charge in [0.1, 0.15) is 5.82 Å². The van der Waals surface area contributed by atoms with Gasteiger partial charge in [0.15, 0.2) is 0 Å². The van der Waals surface area contributed by atoms with Gasteiger partial charge in [-0.25, -0.2) is 0 Å². The van der Waals surface area contributed by atoms with E-state index in [1.165, 1.54) is 4.90 Å². The van der Waals surface area contributed by atoms with Gasteiger partial charge in [-0.2, -0.15) is 18.2 Å². The molecule has 118 valence electrons. The van der Waals surface area contributed by atoms with Crippen molar-refractivity contribution in [2.24, 2.45) is 0 Å². The van der Waals surface area contributed by atoms with Crippen molar-refractivity contribution < 1.29 is 17.9 Å². The minimum absolute atomic E-state index is 0.357. The molecule has 0 unspecified atom stereocenters. The fourth-order valence-electron chi connectivity index (χ4n) is 2.26. The topological polar surface area (TPSA) is 54.6 Å². The first kappa shape index (κ1) is 15.7. The molecular weight excluding hydrogens is 285 g/mol. The first-order valence-electron chi connectivity index (χ1n) is 6.82. The molecule has 8 heteroatoms. The van der Waals surface area contributed by atoms with Crippen molar-refractivity contribution in [1.29, 1.82) is 0 Å². The molecule has 1 aromatic heterocycles. The summed E-state index contributed by atoms with van der Waals surface area (Å²) in [4.78, 5) is 7.66. The van der Waals surface area contributed by atoms with Gasteiger partial charge in [-0.1, -0.05) is 0 Å². The summed E-state index contributed by atoms with van der Waals surface area (Å²) in [7, 11) is 0. The Morgan fingerprint density at radius 2 is 1.90 bits per heavy atom. The number of hydrogen-bond donors (Lipinski definition) is 1. The standard InChI is InChI=1S/C13H19F3N4O/c1-2-21-12-10(17)3-4-11(18-12)20-7-5-19(6-8-20)9-13(14,15)16/h3-4H,2,5-9,17H2,1H3. The number of anilines is 2. The Labute approximate surface area is 121 Å². The van der Waals surface area contributed by atoms with Crippen LogP contribution in [0.15, 0.2) is 12.1 Å². The van der Waals surface area contributed by atoms with Gasteiger partial charge in [-0.15, -0.1) is 0 Å². The van der Waals surface area contributed by atoms with E-state index in [-0.39, 0.29) is 0 Å². The average Bonchev–Trinajstić information content (AvgIpc) is 2.41. The molecule has 5 nitrogen and oxygen atoms in total. The molecule has 0 spiro atoms. The normalized spacial score (nSPS) is 17.0. The third-order valence-electron chi connectivity index (χ3n) is 3.26. The van der Waals surface area contributed by atoms with Gasteiger partial charge in [0.25, 0.3) is 0 Å². The number of nitrogens with two attached hydrogens (primary N) is 1. The summed E-state index contributed by atoms with van der Waals surface area (Å²) in [5.74, 6) is 1.05. The number of alkyl halides is 3. The molecule has 1 saturated heterocycles. The number of halogens is 3. The number of rotatable bonds is 4. The van der Waals surface area contributed by atoms with E-state index in [1.807, 2.05) is 11.8 Å². The number of nitrogens with zero attached hydrogens (tertiary/aromatic N) is 3. The third-order valence-corrected chi connectivity index (χ3v) is 3.26. The molecule has 1 aliphatic rings. The van der Waals surface area contributed by atoms with E-state index in [9.17, 15) is 13.2 Å². The SMILES string of the molecule is CCOc1nc(N2CCN(CC(F)(F)F)CC2)ccc1N. The maximum Gasteiger partial charge on any atom is 0.401 e. The van der Waals surface area contributed by atoms with Crippen molar-refractivity contribution in [3.05, 3.63) is 12.1 Å². The molecule has 0 aromatic carbocycles. The smallest absolute Gasteiger partial charge is 0.401 e. The lowest BCUT2D eigenvalue weighted by atomic mass is 10.3. The van der Waals surface area contributed by atoms with Crippen molar-refractivity contribution in [2.75, 3.05) is 50.0 Å². The van der Waals surface area contributed by atoms with Gasteiger partial charge in [-0.3, -0.25) is 4.90 Å². The average molecular weight is 304 g/mol. The quantitative estimate of drug-likeness (QED) is 0.918. The highest BCUT2D eigenvalue weighted by Crippen LogP contribution is 2.24. The van der Waals surface area contributed by atoms with Crippen LogP contribution in [0.5, 0.6) is 5.88 Å². The molecule has 2 heterocycles. The van der Waals surface area contributed by atoms with Crippen molar-refractivity contribution in [1.82, 2.24) is 9.88 Å². The van der Waals surface area contributed by atoms with Crippen LogP contribution in [-0.4, -0.2) is 55.4 Å². The number of nitrogen functional groups attached to an aromatic ring is 1. The number of piperazine rings is 1. The molecule has 21 heavy (non-hydrogen) atoms. The van der Waals surface area contributed by atoms with Crippen LogP contribution in [0.3, 0.4) is 0 Å². The highest BCUT2D eigenvalue weighted by Gasteiger charge is 2.32. The third kappa shape index (κ3) is 4.38. The Morgan fingerprint density at radius 3 is 2.48 bits per heavy atom. The molecule has 1 aromatic rings. The first-order chi connectivity index (χ1) is 9.89. The highest BCUT2D eigenvalue weighted by molar-refractivity contribution is 5.54. The summed E-state index contributed by atoms with van der Waals surface area (Å²) in [6.45, 7) is 3.14. The Balaban J connectivity index is 1.97. The van der Waals surface area contributed by atoms with Crippen LogP contribution in [0.4, 0.5) is 24.7 Å². The number of pyridine rings is 1. The van der Waals surface area contributed by atoms with E-state index in [0.29, 0.717) is 50.2 Å². The lowest BCUT2D eigenvalue weighted by Gasteiger charge is -2.35. The summed E-state index contributed by atoms with van der Waals surface area (Å²) in [5.41, 5.74) is 6.21. The predicted octanol–water partition coefficient (Wildman–Crippen LogP) is 1.75. The summed E-state index contributed by atoms with van der Waals surface area (Å²) >= 11 is 0. The van der Waals surface area contributed by atoms with Gasteiger partial charge >= 0.3 is 6.18 Å². The molecule has 2 N–H and O–H groups in total. The number of ether oxygens (including phenoxy) is 1. The zero-order chi connectivity index (χ0) is 15.5. The van der Waals surface area contributed by atoms with Crippen LogP contribution in [0, 0.1) is 0 Å². The zero-order valence-corrected chi connectivity index (χ0v) is 11.9. The summed E-state index contributed by atoms with van der Waals surface area (Å²) in [5, 5.41) is 0. The van der Waals surface area contributed by atoms with Gasteiger partial charge in [0.2, 0.25) is 5.88 Å². The van der Waals surface area contributed by atoms with Gasteiger partial charge in [-0.05, 0) is 19.1 Å². The van der Waals surface area contributed by atoms with E-state index >= 15 is 0 Å². The largest absolute Gasteiger partial charge is 0.476 e.